The smallest absolute Gasteiger partial charge is 0.339 e. The number of fused-ring (bicyclic) bond motifs is 3. The summed E-state index contributed by atoms with van der Waals surface area (Å²) in [6, 6.07) is 24.0. The zero-order valence-electron chi connectivity index (χ0n) is 18.6. The van der Waals surface area contributed by atoms with Crippen LogP contribution >= 0.6 is 0 Å². The largest absolute Gasteiger partial charge is 0.416 e. The maximum Gasteiger partial charge on any atom is 0.416 e. The average Bonchev–Trinajstić information content (AvgIpc) is 3.16. The molecule has 33 heavy (non-hydrogen) atoms. The number of nitrogens with zero attached hydrogens (tertiary/aromatic N) is 1. The molecule has 0 fully saturated rings. The van der Waals surface area contributed by atoms with Crippen molar-refractivity contribution in [1.29, 1.82) is 0 Å². The number of benzene rings is 3. The molecule has 5 rings (SSSR count). The Hall–Kier alpha value is -3.60. The number of H-pyrrole nitrogens is 1. The summed E-state index contributed by atoms with van der Waals surface area (Å²) < 4.78 is 39.9. The summed E-state index contributed by atoms with van der Waals surface area (Å²) >= 11 is 0. The van der Waals surface area contributed by atoms with Crippen LogP contribution in [-0.4, -0.2) is 9.97 Å². The highest BCUT2D eigenvalue weighted by Crippen LogP contribution is 2.39. The second-order valence-corrected chi connectivity index (χ2v) is 9.36. The Labute approximate surface area is 190 Å². The molecule has 0 bridgehead atoms. The molecule has 0 aliphatic carbocycles. The van der Waals surface area contributed by atoms with Crippen LogP contribution in [0, 0.1) is 0 Å². The van der Waals surface area contributed by atoms with E-state index in [2.05, 4.69) is 50.0 Å². The molecular formula is C28H23F3N2. The number of rotatable bonds is 2. The first kappa shape index (κ1) is 21.3. The fraction of sp³-hybridized carbons (Fsp3) is 0.179. The zero-order valence-corrected chi connectivity index (χ0v) is 18.6. The molecule has 2 heterocycles. The lowest BCUT2D eigenvalue weighted by Gasteiger charge is -2.19. The summed E-state index contributed by atoms with van der Waals surface area (Å²) in [5, 5.41) is 1.54. The van der Waals surface area contributed by atoms with Gasteiger partial charge in [0.1, 0.15) is 5.65 Å². The molecule has 0 amide bonds. The van der Waals surface area contributed by atoms with Crippen molar-refractivity contribution in [1.82, 2.24) is 9.97 Å². The average molecular weight is 445 g/mol. The van der Waals surface area contributed by atoms with E-state index < -0.39 is 11.7 Å². The molecule has 2 nitrogen and oxygen atoms in total. The zero-order chi connectivity index (χ0) is 23.4. The number of aromatic nitrogens is 2. The van der Waals surface area contributed by atoms with Gasteiger partial charge in [0.2, 0.25) is 0 Å². The highest BCUT2D eigenvalue weighted by molar-refractivity contribution is 6.13. The Morgan fingerprint density at radius 1 is 0.727 bits per heavy atom. The van der Waals surface area contributed by atoms with Crippen molar-refractivity contribution in [2.24, 2.45) is 0 Å². The first-order valence-electron chi connectivity index (χ1n) is 10.8. The summed E-state index contributed by atoms with van der Waals surface area (Å²) in [6.45, 7) is 6.49. The predicted octanol–water partition coefficient (Wildman–Crippen LogP) is 8.37. The number of alkyl halides is 3. The molecule has 0 radical (unpaired) electrons. The molecule has 5 aromatic rings. The van der Waals surface area contributed by atoms with Gasteiger partial charge in [-0.05, 0) is 40.3 Å². The van der Waals surface area contributed by atoms with Crippen molar-refractivity contribution in [2.75, 3.05) is 0 Å². The molecule has 1 N–H and O–H groups in total. The molecule has 0 aliphatic rings. The maximum absolute atomic E-state index is 13.3. The van der Waals surface area contributed by atoms with E-state index in [4.69, 9.17) is 4.98 Å². The number of hydrogen-bond acceptors (Lipinski definition) is 1. The van der Waals surface area contributed by atoms with Crippen LogP contribution < -0.4 is 0 Å². The topological polar surface area (TPSA) is 28.7 Å². The normalized spacial score (nSPS) is 12.5. The molecular weight excluding hydrogens is 421 g/mol. The highest BCUT2D eigenvalue weighted by atomic mass is 19.4. The number of halogens is 3. The summed E-state index contributed by atoms with van der Waals surface area (Å²) in [5.41, 5.74) is 5.19. The van der Waals surface area contributed by atoms with E-state index in [9.17, 15) is 13.2 Å². The van der Waals surface area contributed by atoms with Crippen LogP contribution in [0.2, 0.25) is 0 Å². The lowest BCUT2D eigenvalue weighted by Crippen LogP contribution is -2.10. The second-order valence-electron chi connectivity index (χ2n) is 9.36. The van der Waals surface area contributed by atoms with Gasteiger partial charge in [0.05, 0.1) is 11.3 Å². The van der Waals surface area contributed by atoms with Gasteiger partial charge >= 0.3 is 6.18 Å². The van der Waals surface area contributed by atoms with E-state index in [1.807, 2.05) is 36.4 Å². The molecule has 0 unspecified atom stereocenters. The van der Waals surface area contributed by atoms with Crippen molar-refractivity contribution in [2.45, 2.75) is 32.4 Å². The summed E-state index contributed by atoms with van der Waals surface area (Å²) in [6.07, 6.45) is -4.40. The third-order valence-electron chi connectivity index (χ3n) is 6.02. The molecule has 0 aliphatic heterocycles. The van der Waals surface area contributed by atoms with Gasteiger partial charge in [-0.15, -0.1) is 0 Å². The molecule has 0 spiro atoms. The van der Waals surface area contributed by atoms with Gasteiger partial charge in [-0.1, -0.05) is 81.4 Å². The number of hydrogen-bond donors (Lipinski definition) is 1. The molecule has 2 aromatic heterocycles. The van der Waals surface area contributed by atoms with E-state index in [1.54, 1.807) is 0 Å². The summed E-state index contributed by atoms with van der Waals surface area (Å²) in [5.74, 6) is 0. The predicted molar refractivity (Wildman–Crippen MR) is 128 cm³/mol. The van der Waals surface area contributed by atoms with E-state index >= 15 is 0 Å². The third kappa shape index (κ3) is 3.88. The lowest BCUT2D eigenvalue weighted by molar-refractivity contribution is -0.137. The number of nitrogens with one attached hydrogen (secondary N) is 1. The van der Waals surface area contributed by atoms with Crippen LogP contribution in [0.25, 0.3) is 44.3 Å². The van der Waals surface area contributed by atoms with Crippen molar-refractivity contribution in [3.63, 3.8) is 0 Å². The fourth-order valence-corrected chi connectivity index (χ4v) is 4.21. The van der Waals surface area contributed by atoms with Gasteiger partial charge in [0.15, 0.2) is 0 Å². The van der Waals surface area contributed by atoms with Gasteiger partial charge in [-0.3, -0.25) is 0 Å². The molecule has 0 atom stereocenters. The molecule has 5 heteroatoms. The Kier molecular flexibility index (Phi) is 4.82. The Balaban J connectivity index is 1.79. The third-order valence-corrected chi connectivity index (χ3v) is 6.02. The highest BCUT2D eigenvalue weighted by Gasteiger charge is 2.31. The number of aromatic amines is 1. The lowest BCUT2D eigenvalue weighted by atomic mass is 9.86. The second kappa shape index (κ2) is 7.48. The summed E-state index contributed by atoms with van der Waals surface area (Å²) in [7, 11) is 0. The quantitative estimate of drug-likeness (QED) is 0.291. The van der Waals surface area contributed by atoms with E-state index in [0.29, 0.717) is 11.2 Å². The van der Waals surface area contributed by atoms with Crippen LogP contribution in [0.15, 0.2) is 78.9 Å². The van der Waals surface area contributed by atoms with Crippen LogP contribution in [0.5, 0.6) is 0 Å². The Morgan fingerprint density at radius 3 is 2.03 bits per heavy atom. The van der Waals surface area contributed by atoms with Gasteiger partial charge in [0, 0.05) is 21.9 Å². The Morgan fingerprint density at radius 2 is 1.39 bits per heavy atom. The summed E-state index contributed by atoms with van der Waals surface area (Å²) in [4.78, 5) is 7.92. The van der Waals surface area contributed by atoms with Crippen LogP contribution in [0.1, 0.15) is 31.9 Å². The SMILES string of the molecule is CC(C)(C)c1ccc(-c2cc(-c3ccccc3)nc3[nH]c4cc(C(F)(F)F)ccc4c23)cc1. The van der Waals surface area contributed by atoms with E-state index in [0.717, 1.165) is 45.3 Å². The van der Waals surface area contributed by atoms with Crippen LogP contribution in [-0.2, 0) is 11.6 Å². The first-order chi connectivity index (χ1) is 15.6. The maximum atomic E-state index is 13.3. The molecule has 0 saturated carbocycles. The first-order valence-corrected chi connectivity index (χ1v) is 10.8. The number of pyridine rings is 1. The van der Waals surface area contributed by atoms with Gasteiger partial charge in [-0.25, -0.2) is 4.98 Å². The minimum Gasteiger partial charge on any atom is -0.339 e. The molecule has 0 saturated heterocycles. The van der Waals surface area contributed by atoms with E-state index in [-0.39, 0.29) is 5.41 Å². The monoisotopic (exact) mass is 444 g/mol. The fourth-order valence-electron chi connectivity index (χ4n) is 4.21. The molecule has 3 aromatic carbocycles. The van der Waals surface area contributed by atoms with Crippen molar-refractivity contribution < 1.29 is 13.2 Å². The molecule has 166 valence electrons. The van der Waals surface area contributed by atoms with Crippen molar-refractivity contribution >= 4 is 21.9 Å². The Bertz CT molecular complexity index is 1460. The van der Waals surface area contributed by atoms with Crippen molar-refractivity contribution in [3.05, 3.63) is 90.0 Å². The van der Waals surface area contributed by atoms with Crippen molar-refractivity contribution in [3.8, 4) is 22.4 Å². The minimum atomic E-state index is -4.40. The minimum absolute atomic E-state index is 0.0239. The van der Waals surface area contributed by atoms with Gasteiger partial charge < -0.3 is 4.98 Å². The van der Waals surface area contributed by atoms with Crippen LogP contribution in [0.3, 0.4) is 0 Å². The van der Waals surface area contributed by atoms with Gasteiger partial charge in [-0.2, -0.15) is 13.2 Å². The standard InChI is InChI=1S/C28H23F3N2/c1-27(2,3)19-11-9-17(10-12-19)22-16-23(18-7-5-4-6-8-18)32-26-25(22)21-14-13-20(28(29,30)31)15-24(21)33-26/h4-16H,1-3H3,(H,32,33). The van der Waals surface area contributed by atoms with Crippen LogP contribution in [0.4, 0.5) is 13.2 Å². The van der Waals surface area contributed by atoms with E-state index in [1.165, 1.54) is 11.6 Å². The van der Waals surface area contributed by atoms with Gasteiger partial charge in [0.25, 0.3) is 0 Å².